The van der Waals surface area contributed by atoms with Gasteiger partial charge < -0.3 is 15.2 Å². The molecule has 8 heteroatoms. The third-order valence-corrected chi connectivity index (χ3v) is 10.3. The Morgan fingerprint density at radius 2 is 1.74 bits per heavy atom. The standard InChI is InChI=1S/C31H33N5O2S/c1-35-24-16-33-29-26(27(24)31(30(35)37)18-32-19-31)25(21-6-4-3-5-7-21)28(34-29)22-10-8-20(9-11-22)17-36-14-12-23(13-15-36)39(2)38/h3-11,16,23,32H,12-15,17-19H2,1-2H3,(H,33,34). The zero-order valence-corrected chi connectivity index (χ0v) is 23.2. The van der Waals surface area contributed by atoms with E-state index in [1.165, 1.54) is 5.56 Å². The molecule has 1 spiro atoms. The summed E-state index contributed by atoms with van der Waals surface area (Å²) in [5.41, 5.74) is 7.90. The molecule has 0 aliphatic carbocycles. The van der Waals surface area contributed by atoms with E-state index in [0.29, 0.717) is 18.3 Å². The molecule has 1 atom stereocenters. The predicted octanol–water partition coefficient (Wildman–Crippen LogP) is 4.06. The van der Waals surface area contributed by atoms with Crippen LogP contribution in [0.25, 0.3) is 33.4 Å². The molecule has 200 valence electrons. The molecule has 7 nitrogen and oxygen atoms in total. The number of benzene rings is 2. The molecule has 4 aromatic rings. The summed E-state index contributed by atoms with van der Waals surface area (Å²) in [5, 5.41) is 4.73. The molecule has 39 heavy (non-hydrogen) atoms. The monoisotopic (exact) mass is 539 g/mol. The highest BCUT2D eigenvalue weighted by Gasteiger charge is 2.55. The lowest BCUT2D eigenvalue weighted by Crippen LogP contribution is -2.61. The molecule has 0 bridgehead atoms. The molecule has 3 aliphatic rings. The van der Waals surface area contributed by atoms with Gasteiger partial charge >= 0.3 is 0 Å². The Kier molecular flexibility index (Phi) is 5.95. The first-order valence-corrected chi connectivity index (χ1v) is 15.3. The van der Waals surface area contributed by atoms with Gasteiger partial charge in [0, 0.05) is 65.5 Å². The van der Waals surface area contributed by atoms with E-state index in [1.807, 2.05) is 25.6 Å². The summed E-state index contributed by atoms with van der Waals surface area (Å²) in [4.78, 5) is 26.1. The molecule has 0 radical (unpaired) electrons. The van der Waals surface area contributed by atoms with Crippen molar-refractivity contribution in [3.63, 3.8) is 0 Å². The van der Waals surface area contributed by atoms with Crippen LogP contribution in [0.4, 0.5) is 5.69 Å². The van der Waals surface area contributed by atoms with Crippen LogP contribution in [0.3, 0.4) is 0 Å². The van der Waals surface area contributed by atoms with Crippen molar-refractivity contribution in [2.24, 2.45) is 0 Å². The second-order valence-electron chi connectivity index (χ2n) is 11.2. The fourth-order valence-corrected chi connectivity index (χ4v) is 7.54. The second-order valence-corrected chi connectivity index (χ2v) is 12.9. The maximum Gasteiger partial charge on any atom is 0.240 e. The molecule has 2 N–H and O–H groups in total. The topological polar surface area (TPSA) is 81.3 Å². The average molecular weight is 540 g/mol. The zero-order valence-electron chi connectivity index (χ0n) is 22.4. The number of nitrogens with zero attached hydrogens (tertiary/aromatic N) is 3. The Morgan fingerprint density at radius 3 is 2.38 bits per heavy atom. The summed E-state index contributed by atoms with van der Waals surface area (Å²) in [6.07, 6.45) is 5.68. The van der Waals surface area contributed by atoms with Crippen molar-refractivity contribution in [2.45, 2.75) is 30.1 Å². The summed E-state index contributed by atoms with van der Waals surface area (Å²) in [6.45, 7) is 4.19. The van der Waals surface area contributed by atoms with E-state index in [0.717, 1.165) is 77.1 Å². The number of H-pyrrole nitrogens is 1. The SMILES string of the molecule is CN1C(=O)C2(CNC2)c2c1cnc1[nH]c(-c3ccc(CN4CCC(S(C)=O)CC4)cc3)c(-c3ccccc3)c21. The quantitative estimate of drug-likeness (QED) is 0.400. The van der Waals surface area contributed by atoms with Gasteiger partial charge in [-0.3, -0.25) is 13.9 Å². The fourth-order valence-electron chi connectivity index (χ4n) is 6.67. The van der Waals surface area contributed by atoms with Crippen LogP contribution in [0.1, 0.15) is 24.0 Å². The number of aromatic amines is 1. The molecular weight excluding hydrogens is 506 g/mol. The van der Waals surface area contributed by atoms with Crippen LogP contribution in [-0.2, 0) is 27.6 Å². The van der Waals surface area contributed by atoms with Gasteiger partial charge in [-0.15, -0.1) is 0 Å². The van der Waals surface area contributed by atoms with Crippen molar-refractivity contribution in [3.05, 3.63) is 71.9 Å². The number of carbonyl (C=O) groups excluding carboxylic acids is 1. The summed E-state index contributed by atoms with van der Waals surface area (Å²) >= 11 is 0. The number of hydrogen-bond donors (Lipinski definition) is 2. The largest absolute Gasteiger partial charge is 0.339 e. The number of aromatic nitrogens is 2. The lowest BCUT2D eigenvalue weighted by Gasteiger charge is -2.38. The first-order chi connectivity index (χ1) is 19.0. The minimum Gasteiger partial charge on any atom is -0.339 e. The Morgan fingerprint density at radius 1 is 1.03 bits per heavy atom. The van der Waals surface area contributed by atoms with Crippen LogP contribution in [0.5, 0.6) is 0 Å². The number of anilines is 1. The molecule has 2 fully saturated rings. The lowest BCUT2D eigenvalue weighted by atomic mass is 9.74. The molecule has 2 aromatic heterocycles. The van der Waals surface area contributed by atoms with Gasteiger partial charge in [0.15, 0.2) is 0 Å². The lowest BCUT2D eigenvalue weighted by molar-refractivity contribution is -0.124. The van der Waals surface area contributed by atoms with Crippen LogP contribution in [0.2, 0.25) is 0 Å². The van der Waals surface area contributed by atoms with E-state index in [-0.39, 0.29) is 5.91 Å². The van der Waals surface area contributed by atoms with Crippen LogP contribution in [0, 0.1) is 0 Å². The van der Waals surface area contributed by atoms with E-state index in [1.54, 1.807) is 4.90 Å². The van der Waals surface area contributed by atoms with Crippen molar-refractivity contribution in [1.82, 2.24) is 20.2 Å². The second kappa shape index (κ2) is 9.40. The van der Waals surface area contributed by atoms with E-state index in [4.69, 9.17) is 4.98 Å². The van der Waals surface area contributed by atoms with Crippen LogP contribution < -0.4 is 10.2 Å². The number of fused-ring (bicyclic) bond motifs is 4. The summed E-state index contributed by atoms with van der Waals surface area (Å²) in [5.74, 6) is 0.144. The number of hydrogen-bond acceptors (Lipinski definition) is 5. The van der Waals surface area contributed by atoms with Crippen LogP contribution >= 0.6 is 0 Å². The van der Waals surface area contributed by atoms with Gasteiger partial charge in [-0.25, -0.2) is 4.98 Å². The number of nitrogens with one attached hydrogen (secondary N) is 2. The maximum atomic E-state index is 13.4. The molecule has 3 aliphatic heterocycles. The van der Waals surface area contributed by atoms with Crippen molar-refractivity contribution < 1.29 is 9.00 Å². The number of pyridine rings is 1. The highest BCUT2D eigenvalue weighted by atomic mass is 32.2. The molecule has 1 amide bonds. The highest BCUT2D eigenvalue weighted by molar-refractivity contribution is 7.84. The predicted molar refractivity (Wildman–Crippen MR) is 157 cm³/mol. The first kappa shape index (κ1) is 24.7. The number of likely N-dealkylation sites (N-methyl/N-ethyl adjacent to an activating group) is 1. The van der Waals surface area contributed by atoms with E-state index < -0.39 is 16.2 Å². The number of piperidine rings is 1. The molecule has 7 rings (SSSR count). The third kappa shape index (κ3) is 3.88. The maximum absolute atomic E-state index is 13.4. The first-order valence-electron chi connectivity index (χ1n) is 13.7. The molecule has 1 unspecified atom stereocenters. The Bertz CT molecular complexity index is 1590. The van der Waals surface area contributed by atoms with Gasteiger partial charge in [-0.2, -0.15) is 0 Å². The van der Waals surface area contributed by atoms with Gasteiger partial charge in [0.1, 0.15) is 11.1 Å². The van der Waals surface area contributed by atoms with E-state index in [9.17, 15) is 9.00 Å². The van der Waals surface area contributed by atoms with E-state index >= 15 is 0 Å². The van der Waals surface area contributed by atoms with Crippen molar-refractivity contribution in [3.8, 4) is 22.4 Å². The Labute approximate surface area is 231 Å². The van der Waals surface area contributed by atoms with Gasteiger partial charge in [0.05, 0.1) is 17.6 Å². The minimum absolute atomic E-state index is 0.144. The summed E-state index contributed by atoms with van der Waals surface area (Å²) in [6, 6.07) is 19.2. The molecule has 5 heterocycles. The van der Waals surface area contributed by atoms with Gasteiger partial charge in [-0.05, 0) is 42.6 Å². The minimum atomic E-state index is -0.729. The summed E-state index contributed by atoms with van der Waals surface area (Å²) in [7, 11) is 1.13. The van der Waals surface area contributed by atoms with Gasteiger partial charge in [0.2, 0.25) is 5.91 Å². The zero-order chi connectivity index (χ0) is 26.7. The van der Waals surface area contributed by atoms with Gasteiger partial charge in [-0.1, -0.05) is 54.6 Å². The fraction of sp³-hybridized carbons (Fsp3) is 0.355. The molecule has 2 aromatic carbocycles. The molecular formula is C31H33N5O2S. The smallest absolute Gasteiger partial charge is 0.240 e. The highest BCUT2D eigenvalue weighted by Crippen LogP contribution is 2.50. The number of amides is 1. The van der Waals surface area contributed by atoms with Crippen molar-refractivity contribution >= 4 is 33.4 Å². The number of likely N-dealkylation sites (tertiary alicyclic amines) is 1. The third-order valence-electron chi connectivity index (χ3n) is 8.93. The normalized spacial score (nSPS) is 19.9. The van der Waals surface area contributed by atoms with Crippen molar-refractivity contribution in [1.29, 1.82) is 0 Å². The Balaban J connectivity index is 1.29. The van der Waals surface area contributed by atoms with Crippen LogP contribution in [-0.4, -0.2) is 69.7 Å². The van der Waals surface area contributed by atoms with E-state index in [2.05, 4.69) is 63.7 Å². The Hall–Kier alpha value is -3.33. The average Bonchev–Trinajstić information content (AvgIpc) is 3.43. The van der Waals surface area contributed by atoms with Gasteiger partial charge in [0.25, 0.3) is 0 Å². The number of rotatable bonds is 5. The molecule has 2 saturated heterocycles. The van der Waals surface area contributed by atoms with Crippen LogP contribution in [0.15, 0.2) is 60.8 Å². The molecule has 0 saturated carbocycles. The summed E-state index contributed by atoms with van der Waals surface area (Å²) < 4.78 is 11.8. The number of carbonyl (C=O) groups is 1. The van der Waals surface area contributed by atoms with Crippen molar-refractivity contribution in [2.75, 3.05) is 44.4 Å².